The number of methoxy groups -OCH3 is 2. The summed E-state index contributed by atoms with van der Waals surface area (Å²) in [5.41, 5.74) is 6.80. The van der Waals surface area contributed by atoms with E-state index in [0.29, 0.717) is 24.7 Å². The molecule has 0 spiro atoms. The first-order valence-corrected chi connectivity index (χ1v) is 22.6. The van der Waals surface area contributed by atoms with Crippen molar-refractivity contribution in [2.75, 3.05) is 27.3 Å². The zero-order valence-electron chi connectivity index (χ0n) is 37.6. The molecule has 16 nitrogen and oxygen atoms in total. The second-order valence-electron chi connectivity index (χ2n) is 18.0. The Morgan fingerprint density at radius 1 is 0.769 bits per heavy atom. The number of hydrogen-bond donors (Lipinski definition) is 4. The summed E-state index contributed by atoms with van der Waals surface area (Å²) in [5.74, 6) is 0.799. The van der Waals surface area contributed by atoms with Gasteiger partial charge in [-0.3, -0.25) is 9.59 Å². The highest BCUT2D eigenvalue weighted by molar-refractivity contribution is 5.89. The lowest BCUT2D eigenvalue weighted by atomic mass is 9.88. The van der Waals surface area contributed by atoms with E-state index in [4.69, 9.17) is 24.2 Å². The maximum absolute atomic E-state index is 13.8. The van der Waals surface area contributed by atoms with Gasteiger partial charge in [0.1, 0.15) is 23.7 Å². The van der Waals surface area contributed by atoms with Gasteiger partial charge < -0.3 is 49.2 Å². The van der Waals surface area contributed by atoms with E-state index in [1.54, 1.807) is 0 Å². The first-order chi connectivity index (χ1) is 31.4. The largest absolute Gasteiger partial charge is 0.453 e. The van der Waals surface area contributed by atoms with Crippen LogP contribution in [0, 0.1) is 11.8 Å². The minimum absolute atomic E-state index is 0.0665. The van der Waals surface area contributed by atoms with Crippen LogP contribution in [0.1, 0.15) is 106 Å². The summed E-state index contributed by atoms with van der Waals surface area (Å²) in [6.07, 6.45) is 11.4. The number of aromatic amines is 2. The first kappa shape index (κ1) is 43.6. The van der Waals surface area contributed by atoms with Crippen LogP contribution in [0.25, 0.3) is 27.7 Å². The summed E-state index contributed by atoms with van der Waals surface area (Å²) in [4.78, 5) is 72.0. The van der Waals surface area contributed by atoms with E-state index >= 15 is 0 Å². The third kappa shape index (κ3) is 8.31. The van der Waals surface area contributed by atoms with Crippen LogP contribution >= 0.6 is 0 Å². The molecule has 7 atom stereocenters. The number of benzene rings is 2. The summed E-state index contributed by atoms with van der Waals surface area (Å²) in [5, 5.41) is 6.50. The number of aromatic nitrogens is 5. The summed E-state index contributed by atoms with van der Waals surface area (Å²) in [6.45, 7) is 8.77. The molecule has 3 aliphatic heterocycles. The van der Waals surface area contributed by atoms with Crippen LogP contribution in [0.4, 0.5) is 9.59 Å². The maximum atomic E-state index is 13.8. The van der Waals surface area contributed by atoms with Crippen molar-refractivity contribution < 1.29 is 33.4 Å². The number of carbonyl (C=O) groups is 4. The lowest BCUT2D eigenvalue weighted by molar-refractivity contribution is -0.136. The minimum atomic E-state index is -0.714. The van der Waals surface area contributed by atoms with E-state index in [1.165, 1.54) is 14.2 Å². The van der Waals surface area contributed by atoms with Crippen LogP contribution in [-0.4, -0.2) is 104 Å². The number of nitrogens with zero attached hydrogens (tertiary/aromatic N) is 5. The van der Waals surface area contributed by atoms with Crippen LogP contribution in [0.5, 0.6) is 0 Å². The number of imidazole rings is 2. The summed E-state index contributed by atoms with van der Waals surface area (Å²) < 4.78 is 19.0. The number of fused-ring (bicyclic) bond motifs is 5. The number of allylic oxidation sites excluding steroid dienone is 2. The van der Waals surface area contributed by atoms with E-state index in [1.807, 2.05) is 68.1 Å². The number of ether oxygens (including phenoxy) is 3. The van der Waals surface area contributed by atoms with Crippen LogP contribution < -0.4 is 10.6 Å². The van der Waals surface area contributed by atoms with Gasteiger partial charge in [-0.05, 0) is 67.4 Å². The first-order valence-electron chi connectivity index (χ1n) is 22.6. The predicted molar refractivity (Wildman–Crippen MR) is 243 cm³/mol. The van der Waals surface area contributed by atoms with Crippen LogP contribution in [0.3, 0.4) is 0 Å². The van der Waals surface area contributed by atoms with Gasteiger partial charge >= 0.3 is 12.2 Å². The third-order valence-corrected chi connectivity index (χ3v) is 13.3. The van der Waals surface area contributed by atoms with Crippen molar-refractivity contribution in [1.29, 1.82) is 0 Å². The Balaban J connectivity index is 0.976. The van der Waals surface area contributed by atoms with Gasteiger partial charge in [0.15, 0.2) is 6.23 Å². The molecule has 1 aliphatic carbocycles. The third-order valence-electron chi connectivity index (χ3n) is 13.3. The minimum Gasteiger partial charge on any atom is -0.453 e. The van der Waals surface area contributed by atoms with E-state index in [2.05, 4.69) is 79.8 Å². The van der Waals surface area contributed by atoms with Crippen molar-refractivity contribution in [2.24, 2.45) is 11.8 Å². The van der Waals surface area contributed by atoms with E-state index in [9.17, 15) is 19.2 Å². The number of carbonyl (C=O) groups excluding carboxylic acids is 4. The number of likely N-dealkylation sites (tertiary alicyclic amines) is 2. The fraction of sp³-hybridized carbons (Fsp3) is 0.429. The van der Waals surface area contributed by atoms with Crippen LogP contribution in [0.2, 0.25) is 0 Å². The normalized spacial score (nSPS) is 22.4. The molecule has 0 radical (unpaired) electrons. The molecule has 0 saturated carbocycles. The Labute approximate surface area is 377 Å². The van der Waals surface area contributed by atoms with Gasteiger partial charge in [0, 0.05) is 41.2 Å². The van der Waals surface area contributed by atoms with Crippen molar-refractivity contribution in [3.63, 3.8) is 0 Å². The van der Waals surface area contributed by atoms with Crippen molar-refractivity contribution in [3.8, 4) is 11.3 Å². The van der Waals surface area contributed by atoms with Crippen molar-refractivity contribution in [1.82, 2.24) is 44.9 Å². The molecule has 65 heavy (non-hydrogen) atoms. The molecule has 2 fully saturated rings. The Bertz CT molecular complexity index is 2640. The van der Waals surface area contributed by atoms with Gasteiger partial charge in [-0.15, -0.1) is 0 Å². The number of alkyl carbamates (subject to hydrolysis) is 2. The highest BCUT2D eigenvalue weighted by Crippen LogP contribution is 2.45. The molecule has 0 bridgehead atoms. The monoisotopic (exact) mass is 883 g/mol. The highest BCUT2D eigenvalue weighted by Gasteiger charge is 2.41. The average molecular weight is 884 g/mol. The average Bonchev–Trinajstić information content (AvgIpc) is 4.18. The summed E-state index contributed by atoms with van der Waals surface area (Å²) in [6, 6.07) is 17.0. The molecule has 16 heteroatoms. The van der Waals surface area contributed by atoms with Gasteiger partial charge in [0.05, 0.1) is 61.7 Å². The smallest absolute Gasteiger partial charge is 0.407 e. The zero-order valence-corrected chi connectivity index (χ0v) is 37.6. The molecule has 4 N–H and O–H groups in total. The zero-order chi connectivity index (χ0) is 45.5. The molecule has 3 aromatic heterocycles. The van der Waals surface area contributed by atoms with Gasteiger partial charge in [-0.2, -0.15) is 0 Å². The number of H-pyrrole nitrogens is 2. The summed E-state index contributed by atoms with van der Waals surface area (Å²) >= 11 is 0. The summed E-state index contributed by atoms with van der Waals surface area (Å²) in [7, 11) is 2.59. The molecule has 340 valence electrons. The Morgan fingerprint density at radius 3 is 1.94 bits per heavy atom. The molecule has 4 amide bonds. The Morgan fingerprint density at radius 2 is 1.35 bits per heavy atom. The molecule has 4 aliphatic rings. The van der Waals surface area contributed by atoms with Crippen molar-refractivity contribution in [3.05, 3.63) is 114 Å². The van der Waals surface area contributed by atoms with E-state index < -0.39 is 30.5 Å². The molecular weight excluding hydrogens is 827 g/mol. The van der Waals surface area contributed by atoms with Gasteiger partial charge in [0.2, 0.25) is 11.8 Å². The molecule has 2 aromatic carbocycles. The maximum Gasteiger partial charge on any atom is 0.407 e. The van der Waals surface area contributed by atoms with Gasteiger partial charge in [-0.1, -0.05) is 76.2 Å². The second-order valence-corrected chi connectivity index (χ2v) is 18.0. The molecule has 9 rings (SSSR count). The topological polar surface area (TPSA) is 189 Å². The van der Waals surface area contributed by atoms with Gasteiger partial charge in [-0.25, -0.2) is 19.6 Å². The molecular formula is C49H57N9O7. The van der Waals surface area contributed by atoms with Crippen molar-refractivity contribution in [2.45, 2.75) is 95.8 Å². The number of hydrogen-bond acceptors (Lipinski definition) is 9. The molecule has 5 aromatic rings. The standard InChI is InChI=1S/C49H57N9O7/c1-27(2)41(54-48(61)63-5)45(59)56-20-10-14-37(56)43-50-25-34(52-43)30-17-19-36-32(22-30)23-39-33-18-16-31(24-40(33)65-47(58(36)39)29-12-8-7-9-13-29)35-26-51-44(53-35)38-15-11-21-57(38)46(60)42(28(3)4)55-49(62)64-6/h7-9,12-13,16-19,22-28,33,37-38,40-42,47H,10-11,14-15,20-21H2,1-6H3,(H,50,52)(H,51,53)(H,54,61)(H,55,62). The van der Waals surface area contributed by atoms with Crippen LogP contribution in [0.15, 0.2) is 85.2 Å². The lowest BCUT2D eigenvalue weighted by Crippen LogP contribution is -2.51. The quantitative estimate of drug-likeness (QED) is 0.104. The fourth-order valence-corrected chi connectivity index (χ4v) is 9.91. The van der Waals surface area contributed by atoms with Crippen molar-refractivity contribution >= 4 is 40.5 Å². The SMILES string of the molecule is COC(=O)NC(C(=O)N1CCCC1c1ncc(C2=CC3OC(c4ccccc4)n4c(cc5cc(-c6cnc(C7CCCN7C(=O)C(NC(=O)OC)C(C)C)[nH]6)ccc54)C3C=C2)[nH]1)C(C)C. The lowest BCUT2D eigenvalue weighted by Gasteiger charge is -2.38. The van der Waals surface area contributed by atoms with Gasteiger partial charge in [0.25, 0.3) is 0 Å². The Hall–Kier alpha value is -6.68. The predicted octanol–water partition coefficient (Wildman–Crippen LogP) is 7.53. The molecule has 6 heterocycles. The molecule has 2 saturated heterocycles. The highest BCUT2D eigenvalue weighted by atomic mass is 16.5. The van der Waals surface area contributed by atoms with E-state index in [-0.39, 0.29) is 47.8 Å². The fourth-order valence-electron chi connectivity index (χ4n) is 9.91. The number of rotatable bonds is 11. The second kappa shape index (κ2) is 18.1. The van der Waals surface area contributed by atoms with Crippen LogP contribution in [-0.2, 0) is 23.8 Å². The Kier molecular flexibility index (Phi) is 12.1. The number of amides is 4. The number of nitrogens with one attached hydrogen (secondary N) is 4. The molecule has 7 unspecified atom stereocenters. The van der Waals surface area contributed by atoms with E-state index in [0.717, 1.165) is 70.4 Å².